The molecule has 0 aromatic carbocycles. The molecular weight excluding hydrogens is 420 g/mol. The fourth-order valence-corrected chi connectivity index (χ4v) is 4.47. The summed E-state index contributed by atoms with van der Waals surface area (Å²) in [6, 6.07) is 3.62. The molecule has 1 amide bonds. The lowest BCUT2D eigenvalue weighted by Gasteiger charge is -2.30. The van der Waals surface area contributed by atoms with Gasteiger partial charge in [0.25, 0.3) is 5.91 Å². The maximum atomic E-state index is 12.6. The Kier molecular flexibility index (Phi) is 7.27. The zero-order valence-electron chi connectivity index (χ0n) is 17.9. The van der Waals surface area contributed by atoms with Gasteiger partial charge < -0.3 is 19.4 Å². The Labute approximate surface area is 184 Å². The topological polar surface area (TPSA) is 106 Å². The average molecular weight is 447 g/mol. The van der Waals surface area contributed by atoms with Crippen molar-refractivity contribution in [2.24, 2.45) is 5.92 Å². The number of ketones is 1. The number of nitrogens with zero attached hydrogens (tertiary/aromatic N) is 1. The molecule has 3 heterocycles. The molecule has 0 radical (unpaired) electrons. The number of hydrogen-bond acceptors (Lipinski definition) is 7. The third kappa shape index (κ3) is 5.04. The lowest BCUT2D eigenvalue weighted by molar-refractivity contribution is -0.148. The summed E-state index contributed by atoms with van der Waals surface area (Å²) < 4.78 is 10.3. The second-order valence-corrected chi connectivity index (χ2v) is 8.37. The van der Waals surface area contributed by atoms with Crippen molar-refractivity contribution < 1.29 is 28.7 Å². The predicted octanol–water partition coefficient (Wildman–Crippen LogP) is 3.15. The van der Waals surface area contributed by atoms with Gasteiger partial charge in [0, 0.05) is 24.3 Å². The van der Waals surface area contributed by atoms with Crippen LogP contribution < -0.4 is 0 Å². The van der Waals surface area contributed by atoms with Gasteiger partial charge in [0.2, 0.25) is 5.78 Å². The zero-order chi connectivity index (χ0) is 22.5. The molecule has 9 heteroatoms. The molecule has 0 saturated carbocycles. The number of carbonyl (C=O) groups excluding carboxylic acids is 4. The predicted molar refractivity (Wildman–Crippen MR) is 114 cm³/mol. The van der Waals surface area contributed by atoms with Crippen molar-refractivity contribution in [2.75, 3.05) is 26.3 Å². The van der Waals surface area contributed by atoms with Crippen LogP contribution in [0.2, 0.25) is 0 Å². The van der Waals surface area contributed by atoms with Crippen LogP contribution in [0.4, 0.5) is 0 Å². The lowest BCUT2D eigenvalue weighted by Crippen LogP contribution is -2.40. The van der Waals surface area contributed by atoms with Crippen molar-refractivity contribution in [3.63, 3.8) is 0 Å². The van der Waals surface area contributed by atoms with Gasteiger partial charge in [-0.15, -0.1) is 11.3 Å². The maximum Gasteiger partial charge on any atom is 0.355 e. The van der Waals surface area contributed by atoms with Crippen LogP contribution >= 0.6 is 11.3 Å². The molecule has 166 valence electrons. The third-order valence-electron chi connectivity index (χ3n) is 5.39. The van der Waals surface area contributed by atoms with E-state index in [-0.39, 0.29) is 29.9 Å². The maximum absolute atomic E-state index is 12.6. The molecule has 0 spiro atoms. The van der Waals surface area contributed by atoms with Gasteiger partial charge in [-0.2, -0.15) is 0 Å². The van der Waals surface area contributed by atoms with Crippen molar-refractivity contribution >= 4 is 35.0 Å². The molecular formula is C22H26N2O6S. The Hall–Kier alpha value is -2.94. The highest BCUT2D eigenvalue weighted by atomic mass is 32.1. The first-order chi connectivity index (χ1) is 14.8. The molecule has 3 rings (SSSR count). The first-order valence-corrected chi connectivity index (χ1v) is 11.1. The fraction of sp³-hybridized carbons (Fsp3) is 0.455. The summed E-state index contributed by atoms with van der Waals surface area (Å²) in [4.78, 5) is 54.8. The quantitative estimate of drug-likeness (QED) is 0.517. The minimum atomic E-state index is -0.525. The number of aryl methyl sites for hydroxylation is 1. The molecule has 1 aliphatic heterocycles. The Morgan fingerprint density at radius 2 is 1.87 bits per heavy atom. The number of thiophene rings is 1. The standard InChI is InChI=1S/C22H26N2O6S/c1-4-29-22(28)19-13(2)18(14(3)23-19)16(25)12-30-21(27)15-7-9-24(10-8-15)20(26)17-6-5-11-31-17/h5-6,11,15,23H,4,7-10,12H2,1-3H3. The number of H-pyrrole nitrogens is 1. The lowest BCUT2D eigenvalue weighted by atomic mass is 9.97. The number of hydrogen-bond donors (Lipinski definition) is 1. The number of Topliss-reactive ketones (excluding diaryl/α,β-unsaturated/α-hetero) is 1. The van der Waals surface area contributed by atoms with Gasteiger partial charge in [-0.3, -0.25) is 14.4 Å². The molecule has 1 fully saturated rings. The summed E-state index contributed by atoms with van der Waals surface area (Å²) in [6.07, 6.45) is 0.999. The number of nitrogens with one attached hydrogen (secondary N) is 1. The van der Waals surface area contributed by atoms with E-state index in [0.717, 1.165) is 0 Å². The number of aromatic nitrogens is 1. The SMILES string of the molecule is CCOC(=O)c1[nH]c(C)c(C(=O)COC(=O)C2CCN(C(=O)c3cccs3)CC2)c1C. The summed E-state index contributed by atoms with van der Waals surface area (Å²) >= 11 is 1.40. The smallest absolute Gasteiger partial charge is 0.355 e. The minimum absolute atomic E-state index is 0.0205. The Morgan fingerprint density at radius 1 is 1.16 bits per heavy atom. The van der Waals surface area contributed by atoms with Crippen molar-refractivity contribution in [1.29, 1.82) is 0 Å². The van der Waals surface area contributed by atoms with Crippen LogP contribution in [0.1, 0.15) is 61.5 Å². The largest absolute Gasteiger partial charge is 0.461 e. The Bertz CT molecular complexity index is 971. The summed E-state index contributed by atoms with van der Waals surface area (Å²) in [5.41, 5.74) is 1.59. The summed E-state index contributed by atoms with van der Waals surface area (Å²) in [6.45, 7) is 5.84. The van der Waals surface area contributed by atoms with E-state index >= 15 is 0 Å². The van der Waals surface area contributed by atoms with Crippen LogP contribution in [0, 0.1) is 19.8 Å². The zero-order valence-corrected chi connectivity index (χ0v) is 18.7. The van der Waals surface area contributed by atoms with Gasteiger partial charge in [-0.05, 0) is 50.6 Å². The normalized spacial score (nSPS) is 14.4. The van der Waals surface area contributed by atoms with Crippen LogP contribution in [-0.4, -0.2) is 59.8 Å². The van der Waals surface area contributed by atoms with E-state index in [1.807, 2.05) is 11.4 Å². The molecule has 1 saturated heterocycles. The van der Waals surface area contributed by atoms with Crippen molar-refractivity contribution in [2.45, 2.75) is 33.6 Å². The van der Waals surface area contributed by atoms with Gasteiger partial charge in [0.1, 0.15) is 5.69 Å². The first kappa shape index (κ1) is 22.7. The van der Waals surface area contributed by atoms with E-state index in [0.29, 0.717) is 47.6 Å². The van der Waals surface area contributed by atoms with E-state index in [1.54, 1.807) is 31.7 Å². The number of esters is 2. The van der Waals surface area contributed by atoms with Gasteiger partial charge in [-0.25, -0.2) is 4.79 Å². The molecule has 0 bridgehead atoms. The molecule has 0 atom stereocenters. The first-order valence-electron chi connectivity index (χ1n) is 10.2. The summed E-state index contributed by atoms with van der Waals surface area (Å²) in [5, 5.41) is 1.86. The molecule has 2 aromatic rings. The molecule has 8 nitrogen and oxygen atoms in total. The highest BCUT2D eigenvalue weighted by Crippen LogP contribution is 2.23. The van der Waals surface area contributed by atoms with Crippen LogP contribution in [-0.2, 0) is 14.3 Å². The number of amides is 1. The van der Waals surface area contributed by atoms with Crippen molar-refractivity contribution in [3.05, 3.63) is 44.9 Å². The van der Waals surface area contributed by atoms with Crippen molar-refractivity contribution in [1.82, 2.24) is 9.88 Å². The molecule has 1 aliphatic rings. The summed E-state index contributed by atoms with van der Waals surface area (Å²) in [7, 11) is 0. The van der Waals surface area contributed by atoms with Crippen LogP contribution in [0.5, 0.6) is 0 Å². The minimum Gasteiger partial charge on any atom is -0.461 e. The number of aromatic amines is 1. The van der Waals surface area contributed by atoms with Crippen LogP contribution in [0.3, 0.4) is 0 Å². The monoisotopic (exact) mass is 446 g/mol. The number of carbonyl (C=O) groups is 4. The highest BCUT2D eigenvalue weighted by molar-refractivity contribution is 7.12. The molecule has 2 aromatic heterocycles. The summed E-state index contributed by atoms with van der Waals surface area (Å²) in [5.74, 6) is -1.70. The van der Waals surface area contributed by atoms with Crippen LogP contribution in [0.15, 0.2) is 17.5 Å². The molecule has 31 heavy (non-hydrogen) atoms. The number of rotatable bonds is 7. The molecule has 0 unspecified atom stereocenters. The van der Waals surface area contributed by atoms with Crippen molar-refractivity contribution in [3.8, 4) is 0 Å². The van der Waals surface area contributed by atoms with Gasteiger partial charge in [0.15, 0.2) is 6.61 Å². The Balaban J connectivity index is 1.53. The van der Waals surface area contributed by atoms with Crippen LogP contribution in [0.25, 0.3) is 0 Å². The highest BCUT2D eigenvalue weighted by Gasteiger charge is 2.30. The molecule has 0 aliphatic carbocycles. The van der Waals surface area contributed by atoms with E-state index in [1.165, 1.54) is 11.3 Å². The third-order valence-corrected chi connectivity index (χ3v) is 6.25. The van der Waals surface area contributed by atoms with Gasteiger partial charge in [-0.1, -0.05) is 6.07 Å². The second-order valence-electron chi connectivity index (χ2n) is 7.42. The van der Waals surface area contributed by atoms with Gasteiger partial charge in [0.05, 0.1) is 17.4 Å². The van der Waals surface area contributed by atoms with E-state index in [2.05, 4.69) is 4.98 Å². The van der Waals surface area contributed by atoms with E-state index in [9.17, 15) is 19.2 Å². The number of likely N-dealkylation sites (tertiary alicyclic amines) is 1. The van der Waals surface area contributed by atoms with Gasteiger partial charge >= 0.3 is 11.9 Å². The number of ether oxygens (including phenoxy) is 2. The molecule has 1 N–H and O–H groups in total. The second kappa shape index (κ2) is 9.91. The Morgan fingerprint density at radius 3 is 2.48 bits per heavy atom. The fourth-order valence-electron chi connectivity index (χ4n) is 3.78. The number of piperidine rings is 1. The van der Waals surface area contributed by atoms with E-state index in [4.69, 9.17) is 9.47 Å². The average Bonchev–Trinajstić information content (AvgIpc) is 3.40. The van der Waals surface area contributed by atoms with E-state index < -0.39 is 18.5 Å².